The summed E-state index contributed by atoms with van der Waals surface area (Å²) in [6.07, 6.45) is 4.61. The summed E-state index contributed by atoms with van der Waals surface area (Å²) in [5.74, 6) is 2.53. The van der Waals surface area contributed by atoms with Gasteiger partial charge >= 0.3 is 0 Å². The molecule has 0 radical (unpaired) electrons. The average molecular weight is 390 g/mol. The van der Waals surface area contributed by atoms with E-state index in [2.05, 4.69) is 81.3 Å². The Labute approximate surface area is 174 Å². The molecule has 1 fully saturated rings. The second-order valence-electron chi connectivity index (χ2n) is 8.45. The molecule has 0 bridgehead atoms. The van der Waals surface area contributed by atoms with Crippen LogP contribution in [0.4, 0.5) is 0 Å². The Morgan fingerprint density at radius 2 is 1.83 bits per heavy atom. The molecule has 3 nitrogen and oxygen atoms in total. The zero-order chi connectivity index (χ0) is 20.4. The van der Waals surface area contributed by atoms with Gasteiger partial charge in [0.1, 0.15) is 17.1 Å². The molecule has 1 aromatic heterocycles. The number of furan rings is 1. The summed E-state index contributed by atoms with van der Waals surface area (Å²) in [5.41, 5.74) is 4.61. The molecule has 0 unspecified atom stereocenters. The van der Waals surface area contributed by atoms with Gasteiger partial charge in [0.15, 0.2) is 0 Å². The molecule has 0 saturated carbocycles. The summed E-state index contributed by atoms with van der Waals surface area (Å²) in [4.78, 5) is 2.41. The van der Waals surface area contributed by atoms with E-state index in [1.165, 1.54) is 23.8 Å². The number of aryl methyl sites for hydroxylation is 1. The first kappa shape index (κ1) is 19.8. The maximum absolute atomic E-state index is 6.22. The molecule has 1 saturated heterocycles. The van der Waals surface area contributed by atoms with Crippen LogP contribution in [0.1, 0.15) is 55.1 Å². The van der Waals surface area contributed by atoms with Gasteiger partial charge in [-0.25, -0.2) is 0 Å². The van der Waals surface area contributed by atoms with E-state index in [-0.39, 0.29) is 6.10 Å². The number of nitrogens with zero attached hydrogens (tertiary/aromatic N) is 1. The molecular weight excluding hydrogens is 358 g/mol. The van der Waals surface area contributed by atoms with Gasteiger partial charge in [0.2, 0.25) is 0 Å². The van der Waals surface area contributed by atoms with Crippen molar-refractivity contribution in [1.29, 1.82) is 0 Å². The molecule has 152 valence electrons. The van der Waals surface area contributed by atoms with Crippen molar-refractivity contribution in [2.45, 2.75) is 45.6 Å². The molecule has 1 aliphatic heterocycles. The zero-order valence-corrected chi connectivity index (χ0v) is 17.9. The fraction of sp³-hybridized carbons (Fsp3) is 0.385. The maximum Gasteiger partial charge on any atom is 0.134 e. The molecule has 0 atom stereocenters. The Hall–Kier alpha value is -2.52. The molecule has 3 heteroatoms. The largest absolute Gasteiger partial charge is 0.490 e. The molecular formula is C26H31NO2. The van der Waals surface area contributed by atoms with Gasteiger partial charge in [-0.15, -0.1) is 0 Å². The van der Waals surface area contributed by atoms with Crippen molar-refractivity contribution in [3.8, 4) is 0 Å². The van der Waals surface area contributed by atoms with Gasteiger partial charge in [-0.1, -0.05) is 30.3 Å². The predicted octanol–water partition coefficient (Wildman–Crippen LogP) is 6.47. The van der Waals surface area contributed by atoms with E-state index < -0.39 is 0 Å². The van der Waals surface area contributed by atoms with Crippen LogP contribution in [-0.2, 0) is 4.74 Å². The quantitative estimate of drug-likeness (QED) is 0.369. The SMILES string of the molecule is Cc1oc2ccc(/C(=C\c3ccccc3)OC(C)C)cc2c1C1CCN(C)CC1. The summed E-state index contributed by atoms with van der Waals surface area (Å²) >= 11 is 0. The second kappa shape index (κ2) is 8.46. The van der Waals surface area contributed by atoms with E-state index in [0.29, 0.717) is 5.92 Å². The van der Waals surface area contributed by atoms with Gasteiger partial charge in [0, 0.05) is 16.5 Å². The highest BCUT2D eigenvalue weighted by Gasteiger charge is 2.25. The maximum atomic E-state index is 6.22. The van der Waals surface area contributed by atoms with Crippen LogP contribution in [0.2, 0.25) is 0 Å². The number of rotatable bonds is 5. The van der Waals surface area contributed by atoms with Gasteiger partial charge in [-0.3, -0.25) is 0 Å². The van der Waals surface area contributed by atoms with Crippen LogP contribution < -0.4 is 0 Å². The molecule has 2 aromatic carbocycles. The normalized spacial score (nSPS) is 16.7. The first-order valence-electron chi connectivity index (χ1n) is 10.7. The van der Waals surface area contributed by atoms with E-state index in [1.54, 1.807) is 0 Å². The molecule has 3 aromatic rings. The molecule has 2 heterocycles. The number of piperidine rings is 1. The molecule has 0 spiro atoms. The third kappa shape index (κ3) is 4.40. The van der Waals surface area contributed by atoms with Crippen molar-refractivity contribution < 1.29 is 9.15 Å². The van der Waals surface area contributed by atoms with Crippen molar-refractivity contribution in [3.05, 3.63) is 71.0 Å². The third-order valence-corrected chi connectivity index (χ3v) is 5.78. The number of benzene rings is 2. The standard InChI is InChI=1S/C26H31NO2/c1-18(2)28-25(16-20-8-6-5-7-9-20)22-10-11-24-23(17-22)26(19(3)29-24)21-12-14-27(4)15-13-21/h5-11,16-18,21H,12-15H2,1-4H3/b25-16+. The number of likely N-dealkylation sites (tertiary alicyclic amines) is 1. The van der Waals surface area contributed by atoms with Crippen LogP contribution in [0.25, 0.3) is 22.8 Å². The summed E-state index contributed by atoms with van der Waals surface area (Å²) in [6, 6.07) is 16.8. The Bertz CT molecular complexity index is 992. The van der Waals surface area contributed by atoms with Crippen molar-refractivity contribution in [3.63, 3.8) is 0 Å². The minimum atomic E-state index is 0.111. The molecule has 0 aliphatic carbocycles. The number of hydrogen-bond acceptors (Lipinski definition) is 3. The highest BCUT2D eigenvalue weighted by Crippen LogP contribution is 2.38. The minimum absolute atomic E-state index is 0.111. The Balaban J connectivity index is 1.76. The van der Waals surface area contributed by atoms with Crippen LogP contribution in [0.3, 0.4) is 0 Å². The smallest absolute Gasteiger partial charge is 0.134 e. The summed E-state index contributed by atoms with van der Waals surface area (Å²) in [6.45, 7) is 8.55. The molecule has 4 rings (SSSR count). The summed E-state index contributed by atoms with van der Waals surface area (Å²) in [5, 5.41) is 1.24. The molecule has 29 heavy (non-hydrogen) atoms. The number of hydrogen-bond donors (Lipinski definition) is 0. The van der Waals surface area contributed by atoms with Crippen molar-refractivity contribution in [1.82, 2.24) is 4.90 Å². The molecule has 1 aliphatic rings. The fourth-order valence-electron chi connectivity index (χ4n) is 4.34. The van der Waals surface area contributed by atoms with E-state index in [4.69, 9.17) is 9.15 Å². The van der Waals surface area contributed by atoms with Crippen LogP contribution in [0.15, 0.2) is 52.9 Å². The predicted molar refractivity (Wildman–Crippen MR) is 121 cm³/mol. The lowest BCUT2D eigenvalue weighted by Gasteiger charge is -2.29. The Morgan fingerprint density at radius 3 is 2.52 bits per heavy atom. The topological polar surface area (TPSA) is 25.6 Å². The van der Waals surface area contributed by atoms with Gasteiger partial charge in [0.25, 0.3) is 0 Å². The van der Waals surface area contributed by atoms with Crippen molar-refractivity contribution in [2.24, 2.45) is 0 Å². The van der Waals surface area contributed by atoms with Crippen LogP contribution in [-0.4, -0.2) is 31.1 Å². The number of ether oxygens (including phenoxy) is 1. The lowest BCUT2D eigenvalue weighted by Crippen LogP contribution is -2.29. The number of fused-ring (bicyclic) bond motifs is 1. The Kier molecular flexibility index (Phi) is 5.77. The second-order valence-corrected chi connectivity index (χ2v) is 8.45. The van der Waals surface area contributed by atoms with Crippen molar-refractivity contribution in [2.75, 3.05) is 20.1 Å². The van der Waals surface area contributed by atoms with E-state index in [9.17, 15) is 0 Å². The van der Waals surface area contributed by atoms with Gasteiger partial charge < -0.3 is 14.1 Å². The van der Waals surface area contributed by atoms with Crippen LogP contribution in [0, 0.1) is 6.92 Å². The highest BCUT2D eigenvalue weighted by molar-refractivity contribution is 5.88. The van der Waals surface area contributed by atoms with E-state index in [1.807, 2.05) is 6.07 Å². The third-order valence-electron chi connectivity index (χ3n) is 5.78. The van der Waals surface area contributed by atoms with E-state index in [0.717, 1.165) is 41.3 Å². The van der Waals surface area contributed by atoms with Gasteiger partial charge in [0.05, 0.1) is 6.10 Å². The van der Waals surface area contributed by atoms with Gasteiger partial charge in [-0.05, 0) is 89.5 Å². The molecule has 0 amide bonds. The van der Waals surface area contributed by atoms with E-state index >= 15 is 0 Å². The molecule has 0 N–H and O–H groups in total. The Morgan fingerprint density at radius 1 is 1.10 bits per heavy atom. The monoisotopic (exact) mass is 389 g/mol. The van der Waals surface area contributed by atoms with Crippen molar-refractivity contribution >= 4 is 22.8 Å². The summed E-state index contributed by atoms with van der Waals surface area (Å²) < 4.78 is 12.4. The lowest BCUT2D eigenvalue weighted by molar-refractivity contribution is 0.206. The van der Waals surface area contributed by atoms with Crippen LogP contribution in [0.5, 0.6) is 0 Å². The highest BCUT2D eigenvalue weighted by atomic mass is 16.5. The van der Waals surface area contributed by atoms with Gasteiger partial charge in [-0.2, -0.15) is 0 Å². The first-order chi connectivity index (χ1) is 14.0. The zero-order valence-electron chi connectivity index (χ0n) is 17.9. The average Bonchev–Trinajstić information content (AvgIpc) is 3.03. The minimum Gasteiger partial charge on any atom is -0.490 e. The van der Waals surface area contributed by atoms with Crippen LogP contribution >= 0.6 is 0 Å². The lowest BCUT2D eigenvalue weighted by atomic mass is 9.87. The summed E-state index contributed by atoms with van der Waals surface area (Å²) in [7, 11) is 2.21. The first-order valence-corrected chi connectivity index (χ1v) is 10.7. The fourth-order valence-corrected chi connectivity index (χ4v) is 4.34.